The van der Waals surface area contributed by atoms with E-state index in [-0.39, 0.29) is 36.7 Å². The number of halogens is 1. The molecule has 2 aliphatic rings. The molecule has 1 spiro atoms. The Kier molecular flexibility index (Phi) is 6.35. The van der Waals surface area contributed by atoms with E-state index < -0.39 is 11.4 Å². The summed E-state index contributed by atoms with van der Waals surface area (Å²) in [5, 5.41) is 0. The molecule has 2 heterocycles. The van der Waals surface area contributed by atoms with Gasteiger partial charge in [0.1, 0.15) is 11.4 Å². The Balaban J connectivity index is 1.38. The SMILES string of the molecule is COc1ccc2c(c1OC)OC1(CCN(C(=O)CCC(=O)c3ccc(F)cc3)CC1)CC2=O. The molecule has 0 aromatic heterocycles. The van der Waals surface area contributed by atoms with E-state index in [4.69, 9.17) is 14.2 Å². The minimum atomic E-state index is -0.704. The number of benzene rings is 2. The maximum atomic E-state index is 13.0. The fourth-order valence-corrected chi connectivity index (χ4v) is 4.46. The number of hydrogen-bond donors (Lipinski definition) is 0. The number of hydrogen-bond acceptors (Lipinski definition) is 6. The Morgan fingerprint density at radius 3 is 2.36 bits per heavy atom. The third-order valence-corrected chi connectivity index (χ3v) is 6.36. The predicted octanol–water partition coefficient (Wildman–Crippen LogP) is 3.83. The highest BCUT2D eigenvalue weighted by Gasteiger charge is 2.45. The summed E-state index contributed by atoms with van der Waals surface area (Å²) >= 11 is 0. The molecule has 33 heavy (non-hydrogen) atoms. The topological polar surface area (TPSA) is 82.1 Å². The van der Waals surface area contributed by atoms with Crippen molar-refractivity contribution in [2.45, 2.75) is 37.7 Å². The number of ketones is 2. The van der Waals surface area contributed by atoms with Gasteiger partial charge in [0.15, 0.2) is 23.1 Å². The highest BCUT2D eigenvalue weighted by molar-refractivity contribution is 6.01. The summed E-state index contributed by atoms with van der Waals surface area (Å²) in [7, 11) is 3.03. The number of likely N-dealkylation sites (tertiary alicyclic amines) is 1. The molecule has 2 aliphatic heterocycles. The first-order valence-electron chi connectivity index (χ1n) is 10.9. The van der Waals surface area contributed by atoms with Crippen molar-refractivity contribution in [2.75, 3.05) is 27.3 Å². The molecule has 1 saturated heterocycles. The molecule has 0 unspecified atom stereocenters. The molecular formula is C25H26FNO6. The van der Waals surface area contributed by atoms with Crippen molar-refractivity contribution in [1.82, 2.24) is 4.90 Å². The van der Waals surface area contributed by atoms with Gasteiger partial charge in [-0.2, -0.15) is 0 Å². The zero-order valence-electron chi connectivity index (χ0n) is 18.7. The Morgan fingerprint density at radius 2 is 1.73 bits per heavy atom. The summed E-state index contributed by atoms with van der Waals surface area (Å²) in [6.07, 6.45) is 1.37. The van der Waals surface area contributed by atoms with E-state index in [2.05, 4.69) is 0 Å². The zero-order valence-corrected chi connectivity index (χ0v) is 18.7. The molecule has 0 radical (unpaired) electrons. The quantitative estimate of drug-likeness (QED) is 0.616. The minimum Gasteiger partial charge on any atom is -0.493 e. The van der Waals surface area contributed by atoms with Crippen LogP contribution in [0.3, 0.4) is 0 Å². The van der Waals surface area contributed by atoms with Crippen molar-refractivity contribution in [3.05, 3.63) is 53.3 Å². The zero-order chi connectivity index (χ0) is 23.6. The van der Waals surface area contributed by atoms with Crippen LogP contribution in [0.25, 0.3) is 0 Å². The molecule has 8 heteroatoms. The second-order valence-electron chi connectivity index (χ2n) is 8.37. The molecule has 174 valence electrons. The molecule has 0 N–H and O–H groups in total. The monoisotopic (exact) mass is 455 g/mol. The Labute approximate surface area is 191 Å². The van der Waals surface area contributed by atoms with Gasteiger partial charge in [-0.05, 0) is 36.4 Å². The van der Waals surface area contributed by atoms with Crippen LogP contribution in [-0.4, -0.2) is 55.3 Å². The van der Waals surface area contributed by atoms with Crippen LogP contribution in [0.1, 0.15) is 52.8 Å². The number of fused-ring (bicyclic) bond motifs is 1. The number of methoxy groups -OCH3 is 2. The Morgan fingerprint density at radius 1 is 1.03 bits per heavy atom. The largest absolute Gasteiger partial charge is 0.493 e. The molecule has 0 saturated carbocycles. The van der Waals surface area contributed by atoms with Crippen LogP contribution >= 0.6 is 0 Å². The molecule has 7 nitrogen and oxygen atoms in total. The van der Waals surface area contributed by atoms with Gasteiger partial charge in [0.25, 0.3) is 0 Å². The van der Waals surface area contributed by atoms with Crippen LogP contribution in [0, 0.1) is 5.82 Å². The summed E-state index contributed by atoms with van der Waals surface area (Å²) in [5.41, 5.74) is 0.153. The second kappa shape index (κ2) is 9.21. The summed E-state index contributed by atoms with van der Waals surface area (Å²) in [6.45, 7) is 0.858. The van der Waals surface area contributed by atoms with Gasteiger partial charge in [-0.15, -0.1) is 0 Å². The fourth-order valence-electron chi connectivity index (χ4n) is 4.46. The molecule has 1 fully saturated rings. The molecule has 0 atom stereocenters. The highest BCUT2D eigenvalue weighted by Crippen LogP contribution is 2.47. The summed E-state index contributed by atoms with van der Waals surface area (Å²) in [5.74, 6) is 0.504. The van der Waals surface area contributed by atoms with Crippen LogP contribution < -0.4 is 14.2 Å². The van der Waals surface area contributed by atoms with Gasteiger partial charge in [-0.1, -0.05) is 0 Å². The average molecular weight is 455 g/mol. The number of carbonyl (C=O) groups excluding carboxylic acids is 3. The summed E-state index contributed by atoms with van der Waals surface area (Å²) < 4.78 is 30.2. The van der Waals surface area contributed by atoms with Crippen LogP contribution in [0.5, 0.6) is 17.2 Å². The normalized spacial score (nSPS) is 16.7. The van der Waals surface area contributed by atoms with Crippen molar-refractivity contribution < 1.29 is 33.0 Å². The van der Waals surface area contributed by atoms with E-state index in [1.54, 1.807) is 17.0 Å². The van der Waals surface area contributed by atoms with Gasteiger partial charge >= 0.3 is 0 Å². The van der Waals surface area contributed by atoms with Gasteiger partial charge < -0.3 is 19.1 Å². The van der Waals surface area contributed by atoms with Gasteiger partial charge in [0.05, 0.1) is 26.2 Å². The van der Waals surface area contributed by atoms with Crippen molar-refractivity contribution in [3.8, 4) is 17.2 Å². The van der Waals surface area contributed by atoms with Crippen molar-refractivity contribution >= 4 is 17.5 Å². The van der Waals surface area contributed by atoms with Crippen LogP contribution in [0.4, 0.5) is 4.39 Å². The summed E-state index contributed by atoms with van der Waals surface area (Å²) in [6, 6.07) is 8.67. The standard InChI is InChI=1S/C25H26FNO6/c1-31-21-9-7-18-20(29)15-25(33-23(18)24(21)32-2)11-13-27(14-12-25)22(30)10-8-19(28)16-3-5-17(26)6-4-16/h3-7,9H,8,10-15H2,1-2H3. The predicted molar refractivity (Wildman–Crippen MR) is 118 cm³/mol. The van der Waals surface area contributed by atoms with Gasteiger partial charge in [0, 0.05) is 44.3 Å². The molecule has 1 amide bonds. The van der Waals surface area contributed by atoms with Gasteiger partial charge in [0.2, 0.25) is 11.7 Å². The fraction of sp³-hybridized carbons (Fsp3) is 0.400. The minimum absolute atomic E-state index is 0.0260. The van der Waals surface area contributed by atoms with E-state index in [0.717, 1.165) is 0 Å². The van der Waals surface area contributed by atoms with E-state index in [1.807, 2.05) is 0 Å². The van der Waals surface area contributed by atoms with Crippen LogP contribution in [0.2, 0.25) is 0 Å². The average Bonchev–Trinajstić information content (AvgIpc) is 2.82. The first-order valence-corrected chi connectivity index (χ1v) is 10.9. The number of Topliss-reactive ketones (excluding diaryl/α,β-unsaturated/α-hetero) is 2. The maximum absolute atomic E-state index is 13.0. The third-order valence-electron chi connectivity index (χ3n) is 6.36. The van der Waals surface area contributed by atoms with Crippen molar-refractivity contribution in [3.63, 3.8) is 0 Å². The lowest BCUT2D eigenvalue weighted by atomic mass is 9.82. The van der Waals surface area contributed by atoms with Gasteiger partial charge in [-0.3, -0.25) is 14.4 Å². The smallest absolute Gasteiger partial charge is 0.223 e. The van der Waals surface area contributed by atoms with E-state index >= 15 is 0 Å². The van der Waals surface area contributed by atoms with E-state index in [0.29, 0.717) is 54.3 Å². The Hall–Kier alpha value is -3.42. The molecule has 2 aromatic rings. The van der Waals surface area contributed by atoms with Crippen molar-refractivity contribution in [1.29, 1.82) is 0 Å². The number of rotatable bonds is 6. The molecule has 0 aliphatic carbocycles. The molecule has 2 aromatic carbocycles. The number of nitrogens with zero attached hydrogens (tertiary/aromatic N) is 1. The maximum Gasteiger partial charge on any atom is 0.223 e. The van der Waals surface area contributed by atoms with Gasteiger partial charge in [-0.25, -0.2) is 4.39 Å². The molecular weight excluding hydrogens is 429 g/mol. The lowest BCUT2D eigenvalue weighted by molar-refractivity contribution is -0.134. The number of piperidine rings is 1. The lowest BCUT2D eigenvalue weighted by Gasteiger charge is -2.44. The number of ether oxygens (including phenoxy) is 3. The number of carbonyl (C=O) groups is 3. The van der Waals surface area contributed by atoms with E-state index in [1.165, 1.54) is 38.5 Å². The highest BCUT2D eigenvalue weighted by atomic mass is 19.1. The Bertz CT molecular complexity index is 1070. The lowest BCUT2D eigenvalue weighted by Crippen LogP contribution is -2.52. The second-order valence-corrected chi connectivity index (χ2v) is 8.37. The van der Waals surface area contributed by atoms with Crippen LogP contribution in [0.15, 0.2) is 36.4 Å². The van der Waals surface area contributed by atoms with E-state index in [9.17, 15) is 18.8 Å². The van der Waals surface area contributed by atoms with Crippen molar-refractivity contribution in [2.24, 2.45) is 0 Å². The van der Waals surface area contributed by atoms with Crippen LogP contribution in [-0.2, 0) is 4.79 Å². The molecule has 4 rings (SSSR count). The molecule has 0 bridgehead atoms. The third kappa shape index (κ3) is 4.55. The first kappa shape index (κ1) is 22.8. The first-order chi connectivity index (χ1) is 15.9. The number of amides is 1. The summed E-state index contributed by atoms with van der Waals surface area (Å²) in [4.78, 5) is 39.5.